The normalized spacial score (nSPS) is 11.0. The van der Waals surface area contributed by atoms with Gasteiger partial charge in [0, 0.05) is 11.8 Å². The van der Waals surface area contributed by atoms with E-state index < -0.39 is 0 Å². The van der Waals surface area contributed by atoms with Gasteiger partial charge in [0.15, 0.2) is 5.13 Å². The van der Waals surface area contributed by atoms with Gasteiger partial charge in [0.05, 0.1) is 10.2 Å². The van der Waals surface area contributed by atoms with Gasteiger partial charge in [-0.05, 0) is 23.4 Å². The van der Waals surface area contributed by atoms with E-state index in [1.54, 1.807) is 0 Å². The Labute approximate surface area is 144 Å². The molecule has 4 rings (SSSR count). The summed E-state index contributed by atoms with van der Waals surface area (Å²) in [5.41, 5.74) is 2.10. The molecule has 24 heavy (non-hydrogen) atoms. The largest absolute Gasteiger partial charge is 0.302 e. The minimum atomic E-state index is 0.00205. The van der Waals surface area contributed by atoms with Crippen molar-refractivity contribution in [2.75, 3.05) is 5.32 Å². The highest BCUT2D eigenvalue weighted by Crippen LogP contribution is 2.32. The Balaban J connectivity index is 1.52. The Morgan fingerprint density at radius 3 is 2.62 bits per heavy atom. The molecule has 0 aliphatic heterocycles. The number of rotatable bonds is 4. The van der Waals surface area contributed by atoms with Crippen molar-refractivity contribution in [3.63, 3.8) is 0 Å². The average molecular weight is 332 g/mol. The summed E-state index contributed by atoms with van der Waals surface area (Å²) in [5, 5.41) is 5.97. The van der Waals surface area contributed by atoms with Crippen LogP contribution in [0, 0.1) is 0 Å². The number of hydrogen-bond donors (Lipinski definition) is 1. The molecule has 0 spiro atoms. The lowest BCUT2D eigenvalue weighted by molar-refractivity contribution is -0.116. The van der Waals surface area contributed by atoms with Crippen LogP contribution >= 0.6 is 11.3 Å². The number of nitrogens with one attached hydrogen (secondary N) is 1. The zero-order valence-electron chi connectivity index (χ0n) is 13.0. The molecule has 1 amide bonds. The third-order valence-corrected chi connectivity index (χ3v) is 5.03. The van der Waals surface area contributed by atoms with E-state index in [1.165, 1.54) is 27.7 Å². The van der Waals surface area contributed by atoms with Crippen LogP contribution in [0.25, 0.3) is 21.0 Å². The van der Waals surface area contributed by atoms with E-state index in [4.69, 9.17) is 0 Å². The summed E-state index contributed by atoms with van der Waals surface area (Å²) in [6.45, 7) is 0. The molecule has 0 bridgehead atoms. The summed E-state index contributed by atoms with van der Waals surface area (Å²) in [6.07, 6.45) is 1.20. The number of nitrogens with zero attached hydrogens (tertiary/aromatic N) is 1. The van der Waals surface area contributed by atoms with Crippen LogP contribution in [0.3, 0.4) is 0 Å². The molecule has 0 atom stereocenters. The lowest BCUT2D eigenvalue weighted by Crippen LogP contribution is -2.11. The molecule has 118 valence electrons. The molecule has 3 aromatic carbocycles. The van der Waals surface area contributed by atoms with Crippen molar-refractivity contribution < 1.29 is 4.79 Å². The van der Waals surface area contributed by atoms with E-state index in [2.05, 4.69) is 28.5 Å². The summed E-state index contributed by atoms with van der Waals surface area (Å²) in [6, 6.07) is 22.4. The first-order valence-electron chi connectivity index (χ1n) is 7.92. The maximum Gasteiger partial charge on any atom is 0.226 e. The van der Waals surface area contributed by atoms with Crippen molar-refractivity contribution in [1.82, 2.24) is 4.98 Å². The maximum absolute atomic E-state index is 12.2. The number of fused-ring (bicyclic) bond motifs is 3. The highest BCUT2D eigenvalue weighted by molar-refractivity contribution is 7.23. The van der Waals surface area contributed by atoms with Crippen molar-refractivity contribution in [3.8, 4) is 0 Å². The summed E-state index contributed by atoms with van der Waals surface area (Å²) in [4.78, 5) is 16.7. The van der Waals surface area contributed by atoms with Crippen LogP contribution in [-0.4, -0.2) is 10.9 Å². The van der Waals surface area contributed by atoms with Gasteiger partial charge in [-0.2, -0.15) is 0 Å². The first-order chi connectivity index (χ1) is 11.8. The quantitative estimate of drug-likeness (QED) is 0.570. The van der Waals surface area contributed by atoms with Crippen LogP contribution in [0.4, 0.5) is 5.13 Å². The highest BCUT2D eigenvalue weighted by atomic mass is 32.1. The third kappa shape index (κ3) is 3.01. The lowest BCUT2D eigenvalue weighted by atomic mass is 10.1. The smallest absolute Gasteiger partial charge is 0.226 e. The van der Waals surface area contributed by atoms with Gasteiger partial charge in [0.2, 0.25) is 5.91 Å². The molecule has 1 N–H and O–H groups in total. The van der Waals surface area contributed by atoms with E-state index in [0.29, 0.717) is 11.6 Å². The van der Waals surface area contributed by atoms with Crippen molar-refractivity contribution in [3.05, 3.63) is 72.3 Å². The van der Waals surface area contributed by atoms with Crippen LogP contribution in [-0.2, 0) is 11.2 Å². The predicted octanol–water partition coefficient (Wildman–Crippen LogP) is 5.02. The van der Waals surface area contributed by atoms with Gasteiger partial charge in [-0.15, -0.1) is 0 Å². The van der Waals surface area contributed by atoms with Crippen molar-refractivity contribution in [1.29, 1.82) is 0 Å². The van der Waals surface area contributed by atoms with Gasteiger partial charge in [0.25, 0.3) is 0 Å². The van der Waals surface area contributed by atoms with Crippen LogP contribution in [0.2, 0.25) is 0 Å². The summed E-state index contributed by atoms with van der Waals surface area (Å²) < 4.78 is 1.12. The first kappa shape index (κ1) is 14.8. The van der Waals surface area contributed by atoms with Gasteiger partial charge >= 0.3 is 0 Å². The molecular formula is C20H16N2OS. The van der Waals surface area contributed by atoms with E-state index in [-0.39, 0.29) is 5.91 Å². The number of amides is 1. The highest BCUT2D eigenvalue weighted by Gasteiger charge is 2.10. The topological polar surface area (TPSA) is 42.0 Å². The molecule has 0 aliphatic rings. The molecule has 0 radical (unpaired) electrons. The minimum absolute atomic E-state index is 0.00205. The summed E-state index contributed by atoms with van der Waals surface area (Å²) in [7, 11) is 0. The third-order valence-electron chi connectivity index (χ3n) is 4.01. The Hall–Kier alpha value is -2.72. The van der Waals surface area contributed by atoms with Crippen molar-refractivity contribution >= 4 is 43.4 Å². The second-order valence-electron chi connectivity index (χ2n) is 5.69. The fourth-order valence-corrected chi connectivity index (χ4v) is 3.81. The van der Waals surface area contributed by atoms with Crippen molar-refractivity contribution in [2.24, 2.45) is 0 Å². The summed E-state index contributed by atoms with van der Waals surface area (Å²) >= 11 is 1.53. The number of anilines is 1. The number of aromatic nitrogens is 1. The number of aryl methyl sites for hydroxylation is 1. The van der Waals surface area contributed by atoms with E-state index >= 15 is 0 Å². The Morgan fingerprint density at radius 1 is 0.958 bits per heavy atom. The molecule has 0 fully saturated rings. The molecule has 0 aliphatic carbocycles. The maximum atomic E-state index is 12.2. The standard InChI is InChI=1S/C20H16N2OS/c23-18(13-10-14-6-2-1-3-7-14)22-20-21-17-12-11-15-8-4-5-9-16(15)19(17)24-20/h1-9,11-12H,10,13H2,(H,21,22,23). The average Bonchev–Trinajstić information content (AvgIpc) is 3.04. The predicted molar refractivity (Wildman–Crippen MR) is 101 cm³/mol. The number of benzene rings is 3. The molecule has 1 heterocycles. The molecule has 0 saturated carbocycles. The zero-order chi connectivity index (χ0) is 16.4. The van der Waals surface area contributed by atoms with Crippen molar-refractivity contribution in [2.45, 2.75) is 12.8 Å². The van der Waals surface area contributed by atoms with Crippen LogP contribution in [0.15, 0.2) is 66.7 Å². The second kappa shape index (κ2) is 6.42. The van der Waals surface area contributed by atoms with Gasteiger partial charge < -0.3 is 5.32 Å². The van der Waals surface area contributed by atoms with E-state index in [0.717, 1.165) is 16.6 Å². The van der Waals surface area contributed by atoms with E-state index in [1.807, 2.05) is 48.5 Å². The van der Waals surface area contributed by atoms with Crippen LogP contribution < -0.4 is 5.32 Å². The number of hydrogen-bond acceptors (Lipinski definition) is 3. The van der Waals surface area contributed by atoms with Gasteiger partial charge in [-0.25, -0.2) is 4.98 Å². The molecule has 4 aromatic rings. The summed E-state index contributed by atoms with van der Waals surface area (Å²) in [5.74, 6) is 0.00205. The Morgan fingerprint density at radius 2 is 1.75 bits per heavy atom. The van der Waals surface area contributed by atoms with Gasteiger partial charge in [-0.1, -0.05) is 72.0 Å². The van der Waals surface area contributed by atoms with Gasteiger partial charge in [0.1, 0.15) is 0 Å². The fraction of sp³-hybridized carbons (Fsp3) is 0.100. The Bertz CT molecular complexity index is 1010. The molecule has 1 aromatic heterocycles. The molecule has 3 nitrogen and oxygen atoms in total. The number of carbonyl (C=O) groups excluding carboxylic acids is 1. The second-order valence-corrected chi connectivity index (χ2v) is 6.69. The first-order valence-corrected chi connectivity index (χ1v) is 8.73. The monoisotopic (exact) mass is 332 g/mol. The minimum Gasteiger partial charge on any atom is -0.302 e. The molecule has 0 unspecified atom stereocenters. The Kier molecular flexibility index (Phi) is 3.97. The number of thiazole rings is 1. The molecule has 4 heteroatoms. The van der Waals surface area contributed by atoms with Gasteiger partial charge in [-0.3, -0.25) is 4.79 Å². The van der Waals surface area contributed by atoms with Crippen LogP contribution in [0.5, 0.6) is 0 Å². The van der Waals surface area contributed by atoms with E-state index in [9.17, 15) is 4.79 Å². The SMILES string of the molecule is O=C(CCc1ccccc1)Nc1nc2ccc3ccccc3c2s1. The fourth-order valence-electron chi connectivity index (χ4n) is 2.79. The number of carbonyl (C=O) groups is 1. The molecular weight excluding hydrogens is 316 g/mol. The molecule has 0 saturated heterocycles. The zero-order valence-corrected chi connectivity index (χ0v) is 13.8. The lowest BCUT2D eigenvalue weighted by Gasteiger charge is -2.01. The van der Waals surface area contributed by atoms with Crippen LogP contribution in [0.1, 0.15) is 12.0 Å².